The molecular weight excluding hydrogens is 256 g/mol. The van der Waals surface area contributed by atoms with Gasteiger partial charge in [0, 0.05) is 26.2 Å². The number of rotatable bonds is 5. The molecule has 1 aliphatic rings. The van der Waals surface area contributed by atoms with E-state index in [-0.39, 0.29) is 0 Å². The van der Waals surface area contributed by atoms with Crippen molar-refractivity contribution in [2.75, 3.05) is 44.2 Å². The van der Waals surface area contributed by atoms with Crippen molar-refractivity contribution in [3.63, 3.8) is 0 Å². The Morgan fingerprint density at radius 1 is 1.10 bits per heavy atom. The summed E-state index contributed by atoms with van der Waals surface area (Å²) in [6.45, 7) is 6.05. The fraction of sp³-hybridized carbons (Fsp3) is 0.667. The molecule has 8 heteroatoms. The lowest BCUT2D eigenvalue weighted by Crippen LogP contribution is -2.47. The number of anilines is 1. The monoisotopic (exact) mass is 276 g/mol. The summed E-state index contributed by atoms with van der Waals surface area (Å²) < 4.78 is 1.48. The molecule has 0 spiro atoms. The van der Waals surface area contributed by atoms with Crippen LogP contribution in [0.2, 0.25) is 0 Å². The van der Waals surface area contributed by atoms with Gasteiger partial charge in [-0.05, 0) is 48.5 Å². The van der Waals surface area contributed by atoms with Crippen molar-refractivity contribution >= 4 is 11.5 Å². The molecule has 1 aliphatic heterocycles. The van der Waals surface area contributed by atoms with E-state index in [1.807, 2.05) is 12.1 Å². The summed E-state index contributed by atoms with van der Waals surface area (Å²) in [5, 5.41) is 15.7. The molecule has 0 saturated carbocycles. The largest absolute Gasteiger partial charge is 0.353 e. The molecule has 0 amide bonds. The molecule has 2 aromatic heterocycles. The number of hydrogen-bond donors (Lipinski definition) is 1. The molecule has 0 atom stereocenters. The Morgan fingerprint density at radius 2 is 1.95 bits per heavy atom. The predicted octanol–water partition coefficient (Wildman–Crippen LogP) is -0.620. The van der Waals surface area contributed by atoms with Crippen molar-refractivity contribution in [1.29, 1.82) is 0 Å². The number of piperazine rings is 1. The molecule has 108 valence electrons. The van der Waals surface area contributed by atoms with Crippen molar-refractivity contribution in [2.45, 2.75) is 12.8 Å². The van der Waals surface area contributed by atoms with E-state index >= 15 is 0 Å². The molecule has 20 heavy (non-hydrogen) atoms. The molecule has 3 heterocycles. The predicted molar refractivity (Wildman–Crippen MR) is 75.5 cm³/mol. The number of aromatic nitrogens is 5. The van der Waals surface area contributed by atoms with Gasteiger partial charge in [-0.25, -0.2) is 0 Å². The van der Waals surface area contributed by atoms with Crippen LogP contribution in [0.3, 0.4) is 0 Å². The third kappa shape index (κ3) is 2.86. The summed E-state index contributed by atoms with van der Waals surface area (Å²) in [7, 11) is 0. The summed E-state index contributed by atoms with van der Waals surface area (Å²) in [6, 6.07) is 3.88. The summed E-state index contributed by atoms with van der Waals surface area (Å²) in [5.74, 6) is 0.936. The first-order chi connectivity index (χ1) is 9.86. The minimum atomic E-state index is 0.675. The van der Waals surface area contributed by atoms with Crippen molar-refractivity contribution in [2.24, 2.45) is 5.73 Å². The van der Waals surface area contributed by atoms with Crippen molar-refractivity contribution < 1.29 is 0 Å². The van der Waals surface area contributed by atoms with Crippen LogP contribution in [0.1, 0.15) is 12.8 Å². The molecule has 0 bridgehead atoms. The summed E-state index contributed by atoms with van der Waals surface area (Å²) >= 11 is 0. The molecule has 1 saturated heterocycles. The van der Waals surface area contributed by atoms with E-state index in [1.165, 1.54) is 11.1 Å². The van der Waals surface area contributed by atoms with Gasteiger partial charge < -0.3 is 10.6 Å². The van der Waals surface area contributed by atoms with Gasteiger partial charge in [-0.3, -0.25) is 4.90 Å². The molecule has 0 unspecified atom stereocenters. The van der Waals surface area contributed by atoms with Gasteiger partial charge in [0.2, 0.25) is 0 Å². The highest BCUT2D eigenvalue weighted by molar-refractivity contribution is 5.44. The van der Waals surface area contributed by atoms with Gasteiger partial charge in [0.25, 0.3) is 0 Å². The number of tetrazole rings is 1. The van der Waals surface area contributed by atoms with Gasteiger partial charge in [0.1, 0.15) is 0 Å². The topological polar surface area (TPSA) is 88.5 Å². The molecule has 0 aliphatic carbocycles. The molecule has 0 radical (unpaired) electrons. The van der Waals surface area contributed by atoms with E-state index in [0.29, 0.717) is 5.65 Å². The summed E-state index contributed by atoms with van der Waals surface area (Å²) in [6.07, 6.45) is 2.29. The maximum atomic E-state index is 5.53. The van der Waals surface area contributed by atoms with E-state index in [9.17, 15) is 0 Å². The number of nitrogens with two attached hydrogens (primary N) is 1. The number of fused-ring (bicyclic) bond motifs is 1. The molecule has 3 rings (SSSR count). The van der Waals surface area contributed by atoms with Crippen molar-refractivity contribution in [3.8, 4) is 0 Å². The molecule has 0 aromatic carbocycles. The summed E-state index contributed by atoms with van der Waals surface area (Å²) in [4.78, 5) is 4.77. The average molecular weight is 276 g/mol. The quantitative estimate of drug-likeness (QED) is 0.728. The average Bonchev–Trinajstić information content (AvgIpc) is 2.96. The molecule has 2 aromatic rings. The van der Waals surface area contributed by atoms with Gasteiger partial charge in [-0.1, -0.05) is 0 Å². The highest BCUT2D eigenvalue weighted by Crippen LogP contribution is 2.13. The second-order valence-corrected chi connectivity index (χ2v) is 5.04. The van der Waals surface area contributed by atoms with Crippen LogP contribution in [0.5, 0.6) is 0 Å². The first-order valence-corrected chi connectivity index (χ1v) is 7.09. The fourth-order valence-corrected chi connectivity index (χ4v) is 2.49. The Hall–Kier alpha value is -1.80. The zero-order chi connectivity index (χ0) is 13.8. The van der Waals surface area contributed by atoms with Gasteiger partial charge >= 0.3 is 0 Å². The highest BCUT2D eigenvalue weighted by atomic mass is 15.6. The lowest BCUT2D eigenvalue weighted by atomic mass is 10.2. The van der Waals surface area contributed by atoms with E-state index in [4.69, 9.17) is 5.73 Å². The van der Waals surface area contributed by atoms with Gasteiger partial charge in [0.15, 0.2) is 11.5 Å². The summed E-state index contributed by atoms with van der Waals surface area (Å²) in [5.41, 5.74) is 6.20. The molecule has 1 fully saturated rings. The Balaban J connectivity index is 1.57. The lowest BCUT2D eigenvalue weighted by Gasteiger charge is -2.35. The third-order valence-electron chi connectivity index (χ3n) is 3.68. The highest BCUT2D eigenvalue weighted by Gasteiger charge is 2.18. The number of unbranched alkanes of at least 4 members (excludes halogenated alkanes) is 1. The SMILES string of the molecule is NCCCCN1CCN(c2ccc3nnnn3n2)CC1. The van der Waals surface area contributed by atoms with E-state index in [1.54, 1.807) is 0 Å². The number of nitrogens with zero attached hydrogens (tertiary/aromatic N) is 7. The normalized spacial score (nSPS) is 16.9. The number of hydrogen-bond acceptors (Lipinski definition) is 7. The minimum absolute atomic E-state index is 0.675. The first-order valence-electron chi connectivity index (χ1n) is 7.09. The van der Waals surface area contributed by atoms with E-state index < -0.39 is 0 Å². The maximum absolute atomic E-state index is 5.53. The van der Waals surface area contributed by atoms with Crippen LogP contribution in [0.25, 0.3) is 5.65 Å². The lowest BCUT2D eigenvalue weighted by molar-refractivity contribution is 0.252. The van der Waals surface area contributed by atoms with Crippen LogP contribution < -0.4 is 10.6 Å². The fourth-order valence-electron chi connectivity index (χ4n) is 2.49. The Morgan fingerprint density at radius 3 is 2.75 bits per heavy atom. The standard InChI is InChI=1S/C12H20N8/c13-5-1-2-6-18-7-9-19(10-8-18)12-4-3-11-14-16-17-20(11)15-12/h3-4H,1-2,5-10,13H2. The van der Waals surface area contributed by atoms with Crippen LogP contribution in [-0.4, -0.2) is 69.4 Å². The Kier molecular flexibility index (Phi) is 4.03. The van der Waals surface area contributed by atoms with Crippen LogP contribution in [0.15, 0.2) is 12.1 Å². The first kappa shape index (κ1) is 13.2. The molecular formula is C12H20N8. The third-order valence-corrected chi connectivity index (χ3v) is 3.68. The molecule has 2 N–H and O–H groups in total. The van der Waals surface area contributed by atoms with E-state index in [2.05, 4.69) is 30.4 Å². The second-order valence-electron chi connectivity index (χ2n) is 5.04. The van der Waals surface area contributed by atoms with Crippen LogP contribution in [-0.2, 0) is 0 Å². The maximum Gasteiger partial charge on any atom is 0.200 e. The second kappa shape index (κ2) is 6.10. The minimum Gasteiger partial charge on any atom is -0.353 e. The van der Waals surface area contributed by atoms with Crippen LogP contribution in [0, 0.1) is 0 Å². The van der Waals surface area contributed by atoms with Crippen LogP contribution in [0.4, 0.5) is 5.82 Å². The van der Waals surface area contributed by atoms with Crippen LogP contribution >= 0.6 is 0 Å². The zero-order valence-electron chi connectivity index (χ0n) is 11.5. The van der Waals surface area contributed by atoms with Crippen molar-refractivity contribution in [3.05, 3.63) is 12.1 Å². The van der Waals surface area contributed by atoms with Gasteiger partial charge in [-0.2, -0.15) is 0 Å². The Bertz CT molecular complexity index is 545. The van der Waals surface area contributed by atoms with Gasteiger partial charge in [-0.15, -0.1) is 14.8 Å². The van der Waals surface area contributed by atoms with Crippen molar-refractivity contribution in [1.82, 2.24) is 30.2 Å². The van der Waals surface area contributed by atoms with Gasteiger partial charge in [0.05, 0.1) is 0 Å². The molecule has 8 nitrogen and oxygen atoms in total. The Labute approximate surface area is 117 Å². The zero-order valence-corrected chi connectivity index (χ0v) is 11.5. The smallest absolute Gasteiger partial charge is 0.200 e. The van der Waals surface area contributed by atoms with E-state index in [0.717, 1.165) is 51.5 Å².